The molecule has 4 rings (SSSR count). The maximum Gasteiger partial charge on any atom is 0.272 e. The van der Waals surface area contributed by atoms with Crippen molar-refractivity contribution in [2.45, 2.75) is 11.8 Å². The number of carbonyl (C=O) groups is 1. The van der Waals surface area contributed by atoms with Crippen LogP contribution in [0.4, 0.5) is 5.69 Å². The van der Waals surface area contributed by atoms with Gasteiger partial charge in [0.2, 0.25) is 0 Å². The van der Waals surface area contributed by atoms with E-state index in [-0.39, 0.29) is 10.8 Å². The SMILES string of the molecule is COc1ccc(N2CCN(C(=O)c3cc(C)nn3-c3ccc(S(C)(=O)=O)cc3)CC2)c(OC)c1. The molecule has 0 N–H and O–H groups in total. The van der Waals surface area contributed by atoms with Crippen molar-refractivity contribution in [3.63, 3.8) is 0 Å². The fourth-order valence-electron chi connectivity index (χ4n) is 4.04. The average Bonchev–Trinajstić information content (AvgIpc) is 3.24. The summed E-state index contributed by atoms with van der Waals surface area (Å²) in [6.45, 7) is 4.23. The van der Waals surface area contributed by atoms with Crippen LogP contribution in [-0.2, 0) is 9.84 Å². The van der Waals surface area contributed by atoms with Crippen LogP contribution in [0.3, 0.4) is 0 Å². The van der Waals surface area contributed by atoms with E-state index in [9.17, 15) is 13.2 Å². The first-order valence-electron chi connectivity index (χ1n) is 10.8. The van der Waals surface area contributed by atoms with E-state index in [2.05, 4.69) is 10.00 Å². The summed E-state index contributed by atoms with van der Waals surface area (Å²) in [5.41, 5.74) is 2.74. The van der Waals surface area contributed by atoms with E-state index >= 15 is 0 Å². The first kappa shape index (κ1) is 23.6. The number of carbonyl (C=O) groups excluding carboxylic acids is 1. The Morgan fingerprint density at radius 3 is 2.21 bits per heavy atom. The smallest absolute Gasteiger partial charge is 0.272 e. The number of hydrogen-bond acceptors (Lipinski definition) is 7. The third kappa shape index (κ3) is 4.72. The standard InChI is InChI=1S/C24H28N4O5S/c1-17-15-22(28(25-17)18-5-8-20(9-6-18)34(4,30)31)24(29)27-13-11-26(12-14-27)21-10-7-19(32-2)16-23(21)33-3/h5-10,15-16H,11-14H2,1-4H3. The predicted molar refractivity (Wildman–Crippen MR) is 129 cm³/mol. The maximum absolute atomic E-state index is 13.4. The van der Waals surface area contributed by atoms with Gasteiger partial charge in [-0.2, -0.15) is 5.10 Å². The van der Waals surface area contributed by atoms with Crippen LogP contribution in [0.5, 0.6) is 11.5 Å². The number of rotatable bonds is 6. The van der Waals surface area contributed by atoms with Gasteiger partial charge in [-0.1, -0.05) is 0 Å². The summed E-state index contributed by atoms with van der Waals surface area (Å²) < 4.78 is 35.9. The molecule has 180 valence electrons. The van der Waals surface area contributed by atoms with Crippen molar-refractivity contribution in [1.29, 1.82) is 0 Å². The topological polar surface area (TPSA) is 94.0 Å². The van der Waals surface area contributed by atoms with Crippen molar-refractivity contribution >= 4 is 21.4 Å². The fourth-order valence-corrected chi connectivity index (χ4v) is 4.67. The number of ether oxygens (including phenoxy) is 2. The Hall–Kier alpha value is -3.53. The van der Waals surface area contributed by atoms with Gasteiger partial charge in [0.15, 0.2) is 9.84 Å². The highest BCUT2D eigenvalue weighted by molar-refractivity contribution is 7.90. The number of nitrogens with zero attached hydrogens (tertiary/aromatic N) is 4. The zero-order chi connectivity index (χ0) is 24.5. The Bertz CT molecular complexity index is 1290. The van der Waals surface area contributed by atoms with Gasteiger partial charge in [0.1, 0.15) is 17.2 Å². The van der Waals surface area contributed by atoms with Gasteiger partial charge in [0.25, 0.3) is 5.91 Å². The summed E-state index contributed by atoms with van der Waals surface area (Å²) in [7, 11) is -0.0575. The van der Waals surface area contributed by atoms with Gasteiger partial charge in [-0.15, -0.1) is 0 Å². The zero-order valence-corrected chi connectivity index (χ0v) is 20.5. The highest BCUT2D eigenvalue weighted by Gasteiger charge is 2.27. The average molecular weight is 485 g/mol. The molecular weight excluding hydrogens is 456 g/mol. The number of methoxy groups -OCH3 is 2. The minimum Gasteiger partial charge on any atom is -0.497 e. The number of benzene rings is 2. The molecule has 34 heavy (non-hydrogen) atoms. The Kier molecular flexibility index (Phi) is 6.52. The molecule has 0 unspecified atom stereocenters. The van der Waals surface area contributed by atoms with Gasteiger partial charge >= 0.3 is 0 Å². The molecule has 0 atom stereocenters. The van der Waals surface area contributed by atoms with Crippen molar-refractivity contribution in [2.75, 3.05) is 51.6 Å². The second-order valence-electron chi connectivity index (χ2n) is 8.17. The molecule has 3 aromatic rings. The van der Waals surface area contributed by atoms with E-state index in [4.69, 9.17) is 9.47 Å². The van der Waals surface area contributed by atoms with E-state index in [0.717, 1.165) is 23.4 Å². The summed E-state index contributed by atoms with van der Waals surface area (Å²) in [5, 5.41) is 4.47. The summed E-state index contributed by atoms with van der Waals surface area (Å²) in [6, 6.07) is 13.8. The van der Waals surface area contributed by atoms with Crippen LogP contribution in [0.1, 0.15) is 16.2 Å². The molecule has 1 aliphatic rings. The molecule has 2 heterocycles. The number of anilines is 1. The summed E-state index contributed by atoms with van der Waals surface area (Å²) in [4.78, 5) is 17.6. The first-order valence-corrected chi connectivity index (χ1v) is 12.7. The van der Waals surface area contributed by atoms with Crippen LogP contribution in [0.25, 0.3) is 5.69 Å². The van der Waals surface area contributed by atoms with Crippen LogP contribution in [0.15, 0.2) is 53.4 Å². The molecule has 0 bridgehead atoms. The Balaban J connectivity index is 1.51. The molecule has 0 radical (unpaired) electrons. The molecule has 1 aromatic heterocycles. The normalized spacial score (nSPS) is 14.2. The number of sulfone groups is 1. The van der Waals surface area contributed by atoms with Gasteiger partial charge in [0, 0.05) is 38.5 Å². The van der Waals surface area contributed by atoms with Crippen LogP contribution >= 0.6 is 0 Å². The molecule has 1 amide bonds. The van der Waals surface area contributed by atoms with E-state index < -0.39 is 9.84 Å². The van der Waals surface area contributed by atoms with Crippen molar-refractivity contribution in [3.8, 4) is 17.2 Å². The summed E-state index contributed by atoms with van der Waals surface area (Å²) >= 11 is 0. The van der Waals surface area contributed by atoms with Crippen LogP contribution in [0, 0.1) is 6.92 Å². The van der Waals surface area contributed by atoms with Gasteiger partial charge in [-0.05, 0) is 49.4 Å². The molecule has 9 nitrogen and oxygen atoms in total. The van der Waals surface area contributed by atoms with E-state index in [1.54, 1.807) is 37.1 Å². The second-order valence-corrected chi connectivity index (χ2v) is 10.2. The monoisotopic (exact) mass is 484 g/mol. The number of piperazine rings is 1. The minimum absolute atomic E-state index is 0.117. The maximum atomic E-state index is 13.4. The summed E-state index contributed by atoms with van der Waals surface area (Å²) in [6.07, 6.45) is 1.16. The molecule has 1 fully saturated rings. The van der Waals surface area contributed by atoms with Crippen molar-refractivity contribution in [3.05, 3.63) is 59.9 Å². The van der Waals surface area contributed by atoms with Crippen molar-refractivity contribution in [1.82, 2.24) is 14.7 Å². The summed E-state index contributed by atoms with van der Waals surface area (Å²) in [5.74, 6) is 1.34. The van der Waals surface area contributed by atoms with Crippen LogP contribution < -0.4 is 14.4 Å². The minimum atomic E-state index is -3.30. The van der Waals surface area contributed by atoms with Crippen molar-refractivity contribution in [2.24, 2.45) is 0 Å². The van der Waals surface area contributed by atoms with Crippen LogP contribution in [-0.4, -0.2) is 75.7 Å². The molecule has 1 saturated heterocycles. The second kappa shape index (κ2) is 9.38. The third-order valence-corrected chi connectivity index (χ3v) is 6.98. The van der Waals surface area contributed by atoms with Gasteiger partial charge in [-0.25, -0.2) is 13.1 Å². The Labute approximate surface area is 199 Å². The predicted octanol–water partition coefficient (Wildman–Crippen LogP) is 2.56. The third-order valence-electron chi connectivity index (χ3n) is 5.85. The Morgan fingerprint density at radius 2 is 1.62 bits per heavy atom. The first-order chi connectivity index (χ1) is 16.2. The number of aromatic nitrogens is 2. The van der Waals surface area contributed by atoms with E-state index in [1.807, 2.05) is 30.0 Å². The number of aryl methyl sites for hydroxylation is 1. The lowest BCUT2D eigenvalue weighted by atomic mass is 10.2. The molecule has 1 aliphatic heterocycles. The number of hydrogen-bond donors (Lipinski definition) is 0. The van der Waals surface area contributed by atoms with Gasteiger partial charge < -0.3 is 19.3 Å². The molecule has 2 aromatic carbocycles. The zero-order valence-electron chi connectivity index (χ0n) is 19.7. The molecule has 0 spiro atoms. The van der Waals surface area contributed by atoms with Gasteiger partial charge in [0.05, 0.1) is 36.2 Å². The van der Waals surface area contributed by atoms with Crippen molar-refractivity contribution < 1.29 is 22.7 Å². The lowest BCUT2D eigenvalue weighted by Crippen LogP contribution is -2.49. The molecular formula is C24H28N4O5S. The Morgan fingerprint density at radius 1 is 0.941 bits per heavy atom. The molecule has 0 aliphatic carbocycles. The highest BCUT2D eigenvalue weighted by atomic mass is 32.2. The lowest BCUT2D eigenvalue weighted by molar-refractivity contribution is 0.0737. The molecule has 0 saturated carbocycles. The highest BCUT2D eigenvalue weighted by Crippen LogP contribution is 2.33. The quantitative estimate of drug-likeness (QED) is 0.531. The largest absolute Gasteiger partial charge is 0.497 e. The fraction of sp³-hybridized carbons (Fsp3) is 0.333. The lowest BCUT2D eigenvalue weighted by Gasteiger charge is -2.36. The van der Waals surface area contributed by atoms with E-state index in [1.165, 1.54) is 12.1 Å². The molecule has 10 heteroatoms. The van der Waals surface area contributed by atoms with E-state index in [0.29, 0.717) is 43.3 Å². The number of amides is 1. The van der Waals surface area contributed by atoms with Gasteiger partial charge in [-0.3, -0.25) is 4.79 Å². The van der Waals surface area contributed by atoms with Crippen LogP contribution in [0.2, 0.25) is 0 Å².